The van der Waals surface area contributed by atoms with Crippen molar-refractivity contribution in [1.29, 1.82) is 0 Å². The van der Waals surface area contributed by atoms with Crippen LogP contribution >= 0.6 is 11.3 Å². The molecule has 5 heteroatoms. The van der Waals surface area contributed by atoms with Crippen molar-refractivity contribution < 1.29 is 4.79 Å². The van der Waals surface area contributed by atoms with Gasteiger partial charge in [-0.1, -0.05) is 12.2 Å². The Labute approximate surface area is 133 Å². The molecule has 1 N–H and O–H groups in total. The van der Waals surface area contributed by atoms with Gasteiger partial charge in [-0.3, -0.25) is 4.79 Å². The van der Waals surface area contributed by atoms with Crippen molar-refractivity contribution in [3.05, 3.63) is 47.8 Å². The Morgan fingerprint density at radius 3 is 2.91 bits per heavy atom. The van der Waals surface area contributed by atoms with Gasteiger partial charge in [-0.05, 0) is 42.7 Å². The molecule has 22 heavy (non-hydrogen) atoms. The van der Waals surface area contributed by atoms with Crippen molar-refractivity contribution in [2.45, 2.75) is 19.3 Å². The number of thiazole rings is 1. The molecule has 0 aromatic carbocycles. The van der Waals surface area contributed by atoms with Gasteiger partial charge in [-0.25, -0.2) is 4.98 Å². The molecule has 4 rings (SSSR count). The van der Waals surface area contributed by atoms with Crippen LogP contribution in [0.3, 0.4) is 0 Å². The van der Waals surface area contributed by atoms with E-state index in [1.807, 2.05) is 34.5 Å². The van der Waals surface area contributed by atoms with Crippen molar-refractivity contribution in [2.75, 3.05) is 6.54 Å². The van der Waals surface area contributed by atoms with Crippen LogP contribution in [0.25, 0.3) is 5.13 Å². The smallest absolute Gasteiger partial charge is 0.226 e. The largest absolute Gasteiger partial charge is 0.355 e. The second-order valence-corrected chi connectivity index (χ2v) is 7.07. The van der Waals surface area contributed by atoms with Gasteiger partial charge in [0.15, 0.2) is 5.13 Å². The van der Waals surface area contributed by atoms with E-state index in [9.17, 15) is 4.79 Å². The molecule has 1 amide bonds. The molecular weight excluding hydrogens is 294 g/mol. The molecule has 1 fully saturated rings. The van der Waals surface area contributed by atoms with Crippen molar-refractivity contribution in [3.8, 4) is 5.13 Å². The minimum atomic E-state index is 0.0797. The van der Waals surface area contributed by atoms with Crippen LogP contribution in [-0.4, -0.2) is 22.0 Å². The van der Waals surface area contributed by atoms with Gasteiger partial charge < -0.3 is 9.88 Å². The monoisotopic (exact) mass is 313 g/mol. The topological polar surface area (TPSA) is 46.9 Å². The van der Waals surface area contributed by atoms with Crippen molar-refractivity contribution in [1.82, 2.24) is 14.9 Å². The molecule has 2 aliphatic carbocycles. The van der Waals surface area contributed by atoms with E-state index in [1.54, 1.807) is 11.3 Å². The summed E-state index contributed by atoms with van der Waals surface area (Å²) in [6.07, 6.45) is 11.5. The predicted octanol–water partition coefficient (Wildman–Crippen LogP) is 2.80. The van der Waals surface area contributed by atoms with E-state index >= 15 is 0 Å². The lowest BCUT2D eigenvalue weighted by atomic mass is 9.93. The fourth-order valence-electron chi connectivity index (χ4n) is 3.56. The van der Waals surface area contributed by atoms with Crippen molar-refractivity contribution in [3.63, 3.8) is 0 Å². The van der Waals surface area contributed by atoms with E-state index < -0.39 is 0 Å². The minimum Gasteiger partial charge on any atom is -0.355 e. The van der Waals surface area contributed by atoms with Crippen LogP contribution in [0.5, 0.6) is 0 Å². The predicted molar refractivity (Wildman–Crippen MR) is 87.0 cm³/mol. The van der Waals surface area contributed by atoms with Crippen LogP contribution in [0.15, 0.2) is 42.1 Å². The number of hydrogen-bond donors (Lipinski definition) is 1. The molecule has 2 aliphatic rings. The number of nitrogens with zero attached hydrogens (tertiary/aromatic N) is 2. The zero-order chi connectivity index (χ0) is 14.9. The summed E-state index contributed by atoms with van der Waals surface area (Å²) in [6, 6.07) is 3.94. The van der Waals surface area contributed by atoms with Crippen LogP contribution in [0.4, 0.5) is 0 Å². The average molecular weight is 313 g/mol. The summed E-state index contributed by atoms with van der Waals surface area (Å²) in [5, 5.41) is 5.96. The molecule has 0 aliphatic heterocycles. The third-order valence-electron chi connectivity index (χ3n) is 4.68. The second kappa shape index (κ2) is 5.72. The van der Waals surface area contributed by atoms with Crippen LogP contribution in [0.1, 0.15) is 18.5 Å². The Hall–Kier alpha value is -1.88. The van der Waals surface area contributed by atoms with Gasteiger partial charge in [-0.15, -0.1) is 11.3 Å². The fourth-order valence-corrected chi connectivity index (χ4v) is 4.35. The summed E-state index contributed by atoms with van der Waals surface area (Å²) >= 11 is 1.57. The molecule has 114 valence electrons. The van der Waals surface area contributed by atoms with Gasteiger partial charge in [0.25, 0.3) is 0 Å². The molecule has 0 saturated heterocycles. The zero-order valence-corrected chi connectivity index (χ0v) is 13.1. The molecule has 2 aromatic heterocycles. The van der Waals surface area contributed by atoms with Crippen LogP contribution in [0, 0.1) is 17.8 Å². The quantitative estimate of drug-likeness (QED) is 0.863. The number of carbonyl (C=O) groups is 1. The standard InChI is InChI=1S/C17H19N3OS/c21-16(18-10-14-8-12-3-4-13(14)7-12)9-15-11-22-17(19-15)20-5-1-2-6-20/h1-6,11-14H,7-10H2,(H,18,21)/t12-,13+,14+/m1/s1. The molecule has 4 nitrogen and oxygen atoms in total. The van der Waals surface area contributed by atoms with Gasteiger partial charge in [-0.2, -0.15) is 0 Å². The molecule has 0 unspecified atom stereocenters. The molecule has 2 aromatic rings. The van der Waals surface area contributed by atoms with Gasteiger partial charge >= 0.3 is 0 Å². The number of amides is 1. The number of nitrogens with one attached hydrogen (secondary N) is 1. The lowest BCUT2D eigenvalue weighted by Gasteiger charge is -2.18. The summed E-state index contributed by atoms with van der Waals surface area (Å²) in [7, 11) is 0. The number of fused-ring (bicyclic) bond motifs is 2. The maximum absolute atomic E-state index is 12.1. The maximum Gasteiger partial charge on any atom is 0.226 e. The van der Waals surface area contributed by atoms with Gasteiger partial charge in [0.1, 0.15) is 0 Å². The molecule has 3 atom stereocenters. The zero-order valence-electron chi connectivity index (χ0n) is 12.3. The van der Waals surface area contributed by atoms with Gasteiger partial charge in [0.2, 0.25) is 5.91 Å². The third-order valence-corrected chi connectivity index (χ3v) is 5.59. The summed E-state index contributed by atoms with van der Waals surface area (Å²) in [6.45, 7) is 0.804. The Balaban J connectivity index is 1.30. The summed E-state index contributed by atoms with van der Waals surface area (Å²) < 4.78 is 1.97. The number of allylic oxidation sites excluding steroid dienone is 2. The summed E-state index contributed by atoms with van der Waals surface area (Å²) in [4.78, 5) is 16.6. The Morgan fingerprint density at radius 1 is 1.32 bits per heavy atom. The minimum absolute atomic E-state index is 0.0797. The van der Waals surface area contributed by atoms with E-state index in [1.165, 1.54) is 12.8 Å². The second-order valence-electron chi connectivity index (χ2n) is 6.23. The highest BCUT2D eigenvalue weighted by Gasteiger charge is 2.35. The average Bonchev–Trinajstić information content (AvgIpc) is 3.27. The molecule has 2 bridgehead atoms. The first kappa shape index (κ1) is 13.8. The Bertz CT molecular complexity index is 689. The Kier molecular flexibility index (Phi) is 3.58. The molecule has 0 spiro atoms. The lowest BCUT2D eigenvalue weighted by Crippen LogP contribution is -2.32. The summed E-state index contributed by atoms with van der Waals surface area (Å²) in [5.41, 5.74) is 0.846. The highest BCUT2D eigenvalue weighted by atomic mass is 32.1. The van der Waals surface area contributed by atoms with Crippen LogP contribution in [0.2, 0.25) is 0 Å². The molecule has 1 saturated carbocycles. The van der Waals surface area contributed by atoms with E-state index in [2.05, 4.69) is 22.5 Å². The van der Waals surface area contributed by atoms with E-state index in [-0.39, 0.29) is 5.91 Å². The van der Waals surface area contributed by atoms with Crippen LogP contribution in [-0.2, 0) is 11.2 Å². The summed E-state index contributed by atoms with van der Waals surface area (Å²) in [5.74, 6) is 2.15. The lowest BCUT2D eigenvalue weighted by molar-refractivity contribution is -0.120. The van der Waals surface area contributed by atoms with E-state index in [0.717, 1.165) is 23.3 Å². The number of carbonyl (C=O) groups excluding carboxylic acids is 1. The highest BCUT2D eigenvalue weighted by molar-refractivity contribution is 7.12. The molecule has 0 radical (unpaired) electrons. The van der Waals surface area contributed by atoms with Crippen LogP contribution < -0.4 is 5.32 Å². The highest BCUT2D eigenvalue weighted by Crippen LogP contribution is 2.42. The first-order chi connectivity index (χ1) is 10.8. The SMILES string of the molecule is O=C(Cc1csc(-n2cccc2)n1)NC[C@@H]1C[C@@H]2C=C[C@H]1C2. The first-order valence-electron chi connectivity index (χ1n) is 7.81. The van der Waals surface area contributed by atoms with E-state index in [0.29, 0.717) is 18.3 Å². The van der Waals surface area contributed by atoms with Gasteiger partial charge in [0.05, 0.1) is 12.1 Å². The number of rotatable bonds is 5. The number of aromatic nitrogens is 2. The number of hydrogen-bond acceptors (Lipinski definition) is 3. The Morgan fingerprint density at radius 2 is 2.18 bits per heavy atom. The van der Waals surface area contributed by atoms with Gasteiger partial charge in [0, 0.05) is 24.3 Å². The normalized spacial score (nSPS) is 25.7. The third kappa shape index (κ3) is 2.73. The maximum atomic E-state index is 12.1. The molecule has 2 heterocycles. The van der Waals surface area contributed by atoms with E-state index in [4.69, 9.17) is 0 Å². The molecular formula is C17H19N3OS. The van der Waals surface area contributed by atoms with Crippen molar-refractivity contribution >= 4 is 17.2 Å². The first-order valence-corrected chi connectivity index (χ1v) is 8.68. The fraction of sp³-hybridized carbons (Fsp3) is 0.412. The van der Waals surface area contributed by atoms with Crippen molar-refractivity contribution in [2.24, 2.45) is 17.8 Å².